The molecular formula is C12H17N2O4+. The summed E-state index contributed by atoms with van der Waals surface area (Å²) in [6.07, 6.45) is 0.438. The van der Waals surface area contributed by atoms with Gasteiger partial charge in [0.15, 0.2) is 6.04 Å². The number of aromatic hydroxyl groups is 1. The normalized spacial score (nSPS) is 11.7. The lowest BCUT2D eigenvalue weighted by atomic mass is 10.1. The van der Waals surface area contributed by atoms with Crippen molar-refractivity contribution in [3.8, 4) is 5.75 Å². The molecule has 0 saturated heterocycles. The van der Waals surface area contributed by atoms with Crippen molar-refractivity contribution in [2.75, 3.05) is 13.7 Å². The lowest BCUT2D eigenvalue weighted by Gasteiger charge is -2.09. The smallest absolute Gasteiger partial charge is 0.325 e. The molecule has 18 heavy (non-hydrogen) atoms. The van der Waals surface area contributed by atoms with Crippen LogP contribution in [0.2, 0.25) is 0 Å². The second kappa shape index (κ2) is 6.61. The summed E-state index contributed by atoms with van der Waals surface area (Å²) in [5.41, 5.74) is 4.62. The molecule has 0 aliphatic carbocycles. The number of ether oxygens (including phenoxy) is 1. The van der Waals surface area contributed by atoms with Crippen molar-refractivity contribution in [3.63, 3.8) is 0 Å². The summed E-state index contributed by atoms with van der Waals surface area (Å²) >= 11 is 0. The van der Waals surface area contributed by atoms with Crippen LogP contribution in [0, 0.1) is 0 Å². The predicted octanol–water partition coefficient (Wildman–Crippen LogP) is -1.17. The molecule has 1 aromatic rings. The van der Waals surface area contributed by atoms with E-state index < -0.39 is 12.0 Å². The number of phenolic OH excluding ortho intramolecular Hbond substituents is 1. The summed E-state index contributed by atoms with van der Waals surface area (Å²) in [6, 6.07) is 6.05. The number of methoxy groups -OCH3 is 1. The number of hydrogen-bond acceptors (Lipinski definition) is 4. The average molecular weight is 253 g/mol. The van der Waals surface area contributed by atoms with Gasteiger partial charge in [-0.15, -0.1) is 0 Å². The number of esters is 1. The molecule has 0 bridgehead atoms. The molecule has 6 heteroatoms. The molecule has 1 unspecified atom stereocenters. The van der Waals surface area contributed by atoms with E-state index in [2.05, 4.69) is 15.8 Å². The number of phenols is 1. The van der Waals surface area contributed by atoms with E-state index in [1.807, 2.05) is 0 Å². The fourth-order valence-corrected chi connectivity index (χ4v) is 1.39. The Kier molecular flexibility index (Phi) is 5.13. The van der Waals surface area contributed by atoms with Gasteiger partial charge in [0.2, 0.25) is 0 Å². The molecule has 1 amide bonds. The van der Waals surface area contributed by atoms with Gasteiger partial charge in [0.05, 0.1) is 7.11 Å². The fraction of sp³-hybridized carbons (Fsp3) is 0.333. The van der Waals surface area contributed by atoms with E-state index in [-0.39, 0.29) is 18.2 Å². The van der Waals surface area contributed by atoms with Crippen LogP contribution < -0.4 is 11.1 Å². The van der Waals surface area contributed by atoms with E-state index in [9.17, 15) is 9.59 Å². The van der Waals surface area contributed by atoms with Gasteiger partial charge >= 0.3 is 5.97 Å². The van der Waals surface area contributed by atoms with Crippen LogP contribution in [0.15, 0.2) is 24.3 Å². The molecule has 0 fully saturated rings. The Bertz CT molecular complexity index is 417. The molecule has 98 valence electrons. The van der Waals surface area contributed by atoms with Crippen LogP contribution >= 0.6 is 0 Å². The first-order valence-electron chi connectivity index (χ1n) is 5.48. The van der Waals surface area contributed by atoms with Gasteiger partial charge in [-0.2, -0.15) is 0 Å². The summed E-state index contributed by atoms with van der Waals surface area (Å²) < 4.78 is 4.41. The number of carbonyl (C=O) groups is 2. The minimum absolute atomic E-state index is 0.156. The molecule has 0 saturated carbocycles. The minimum atomic E-state index is -0.501. The van der Waals surface area contributed by atoms with Crippen LogP contribution in [0.3, 0.4) is 0 Å². The monoisotopic (exact) mass is 253 g/mol. The van der Waals surface area contributed by atoms with Gasteiger partial charge in [0.25, 0.3) is 5.91 Å². The highest BCUT2D eigenvalue weighted by Gasteiger charge is 2.18. The second-order valence-corrected chi connectivity index (χ2v) is 3.86. The minimum Gasteiger partial charge on any atom is -0.508 e. The van der Waals surface area contributed by atoms with Crippen molar-refractivity contribution in [1.29, 1.82) is 0 Å². The topological polar surface area (TPSA) is 103 Å². The Balaban J connectivity index is 2.44. The zero-order valence-electron chi connectivity index (χ0n) is 10.2. The Morgan fingerprint density at radius 1 is 1.39 bits per heavy atom. The third-order valence-corrected chi connectivity index (χ3v) is 2.42. The molecule has 5 N–H and O–H groups in total. The fourth-order valence-electron chi connectivity index (χ4n) is 1.39. The average Bonchev–Trinajstić information content (AvgIpc) is 2.38. The first-order chi connectivity index (χ1) is 8.52. The molecule has 6 nitrogen and oxygen atoms in total. The van der Waals surface area contributed by atoms with Gasteiger partial charge in [0, 0.05) is 6.42 Å². The molecule has 0 radical (unpaired) electrons. The zero-order valence-corrected chi connectivity index (χ0v) is 10.2. The van der Waals surface area contributed by atoms with E-state index in [0.717, 1.165) is 5.56 Å². The number of carbonyl (C=O) groups excluding carboxylic acids is 2. The molecule has 0 aromatic heterocycles. The maximum Gasteiger partial charge on any atom is 0.325 e. The number of rotatable bonds is 5. The Morgan fingerprint density at radius 3 is 2.56 bits per heavy atom. The van der Waals surface area contributed by atoms with Crippen LogP contribution in [0.5, 0.6) is 5.75 Å². The SMILES string of the molecule is COC(=O)CNC(=O)C([NH3+])Cc1ccc(O)cc1. The number of quaternary nitrogens is 1. The van der Waals surface area contributed by atoms with Crippen LogP contribution in [-0.4, -0.2) is 36.7 Å². The summed E-state index contributed by atoms with van der Waals surface area (Å²) in [5.74, 6) is -0.636. The Morgan fingerprint density at radius 2 is 2.00 bits per heavy atom. The summed E-state index contributed by atoms with van der Waals surface area (Å²) in [5, 5.41) is 11.6. The maximum absolute atomic E-state index is 11.6. The highest BCUT2D eigenvalue weighted by molar-refractivity contribution is 5.84. The lowest BCUT2D eigenvalue weighted by molar-refractivity contribution is -0.403. The molecule has 1 aromatic carbocycles. The third kappa shape index (κ3) is 4.42. The number of benzene rings is 1. The highest BCUT2D eigenvalue weighted by Crippen LogP contribution is 2.10. The summed E-state index contributed by atoms with van der Waals surface area (Å²) in [7, 11) is 1.26. The number of nitrogens with one attached hydrogen (secondary N) is 1. The standard InChI is InChI=1S/C12H16N2O4/c1-18-11(16)7-14-12(17)10(13)6-8-2-4-9(15)5-3-8/h2-5,10,15H,6-7,13H2,1H3,(H,14,17)/p+1. The van der Waals surface area contributed by atoms with Gasteiger partial charge in [-0.25, -0.2) is 0 Å². The summed E-state index contributed by atoms with van der Waals surface area (Å²) in [6.45, 7) is -0.156. The van der Waals surface area contributed by atoms with Crippen molar-refractivity contribution >= 4 is 11.9 Å². The van der Waals surface area contributed by atoms with Crippen molar-refractivity contribution in [2.45, 2.75) is 12.5 Å². The van der Waals surface area contributed by atoms with Crippen LogP contribution in [0.25, 0.3) is 0 Å². The Labute approximate surface area is 105 Å². The molecular weight excluding hydrogens is 236 g/mol. The van der Waals surface area contributed by atoms with Gasteiger partial charge in [-0.3, -0.25) is 9.59 Å². The van der Waals surface area contributed by atoms with Crippen molar-refractivity contribution in [1.82, 2.24) is 5.32 Å². The quantitative estimate of drug-likeness (QED) is 0.575. The predicted molar refractivity (Wildman–Crippen MR) is 63.5 cm³/mol. The molecule has 0 aliphatic rings. The van der Waals surface area contributed by atoms with Crippen molar-refractivity contribution in [2.24, 2.45) is 0 Å². The molecule has 0 aliphatic heterocycles. The first kappa shape index (κ1) is 14.0. The Hall–Kier alpha value is -2.08. The molecule has 1 atom stereocenters. The zero-order chi connectivity index (χ0) is 13.5. The highest BCUT2D eigenvalue weighted by atomic mass is 16.5. The molecule has 0 heterocycles. The van der Waals surface area contributed by atoms with Gasteiger partial charge < -0.3 is 20.9 Å². The maximum atomic E-state index is 11.6. The van der Waals surface area contributed by atoms with E-state index in [1.54, 1.807) is 24.3 Å². The number of hydrogen-bond donors (Lipinski definition) is 3. The van der Waals surface area contributed by atoms with E-state index in [0.29, 0.717) is 6.42 Å². The third-order valence-electron chi connectivity index (χ3n) is 2.42. The second-order valence-electron chi connectivity index (χ2n) is 3.86. The molecule has 0 spiro atoms. The lowest BCUT2D eigenvalue weighted by Crippen LogP contribution is -2.68. The van der Waals surface area contributed by atoms with Crippen LogP contribution in [0.1, 0.15) is 5.56 Å². The van der Waals surface area contributed by atoms with Crippen molar-refractivity contribution < 1.29 is 25.2 Å². The van der Waals surface area contributed by atoms with Crippen LogP contribution in [0.4, 0.5) is 0 Å². The van der Waals surface area contributed by atoms with E-state index >= 15 is 0 Å². The van der Waals surface area contributed by atoms with E-state index in [1.165, 1.54) is 7.11 Å². The molecule has 1 rings (SSSR count). The first-order valence-corrected chi connectivity index (χ1v) is 5.48. The van der Waals surface area contributed by atoms with Gasteiger partial charge in [-0.1, -0.05) is 12.1 Å². The van der Waals surface area contributed by atoms with Gasteiger partial charge in [-0.05, 0) is 17.7 Å². The van der Waals surface area contributed by atoms with Crippen LogP contribution in [-0.2, 0) is 20.7 Å². The van der Waals surface area contributed by atoms with Gasteiger partial charge in [0.1, 0.15) is 12.3 Å². The van der Waals surface area contributed by atoms with E-state index in [4.69, 9.17) is 5.11 Å². The van der Waals surface area contributed by atoms with Crippen molar-refractivity contribution in [3.05, 3.63) is 29.8 Å². The summed E-state index contributed by atoms with van der Waals surface area (Å²) in [4.78, 5) is 22.5. The number of amides is 1. The largest absolute Gasteiger partial charge is 0.508 e.